The largest absolute Gasteiger partial charge is 0.434 e. The predicted octanol–water partition coefficient (Wildman–Crippen LogP) is 3.22. The van der Waals surface area contributed by atoms with E-state index in [-0.39, 0.29) is 0 Å². The van der Waals surface area contributed by atoms with Gasteiger partial charge in [0.15, 0.2) is 0 Å². The third kappa shape index (κ3) is 3.26. The Kier molecular flexibility index (Phi) is 3.49. The number of halogens is 5. The molecule has 0 saturated heterocycles. The monoisotopic (exact) mass is 257 g/mol. The highest BCUT2D eigenvalue weighted by molar-refractivity contribution is 5.45. The normalized spacial score (nSPS) is 11.6. The van der Waals surface area contributed by atoms with Crippen molar-refractivity contribution in [3.63, 3.8) is 0 Å². The Hall–Kier alpha value is -1.93. The summed E-state index contributed by atoms with van der Waals surface area (Å²) in [6, 6.07) is 1.17. The Morgan fingerprint density at radius 3 is 2.29 bits per heavy atom. The number of hydrogen-bond acceptors (Lipinski definition) is 3. The first-order chi connectivity index (χ1) is 7.71. The fourth-order valence-corrected chi connectivity index (χ4v) is 1.05. The van der Waals surface area contributed by atoms with E-state index >= 15 is 0 Å². The van der Waals surface area contributed by atoms with Crippen LogP contribution in [0.4, 0.5) is 27.6 Å². The van der Waals surface area contributed by atoms with E-state index < -0.39 is 34.7 Å². The van der Waals surface area contributed by atoms with Crippen LogP contribution in [0.1, 0.15) is 5.56 Å². The van der Waals surface area contributed by atoms with E-state index in [2.05, 4.69) is 4.74 Å². The summed E-state index contributed by atoms with van der Waals surface area (Å²) in [6.07, 6.45) is -4.93. The zero-order chi connectivity index (χ0) is 13.2. The van der Waals surface area contributed by atoms with Crippen LogP contribution >= 0.6 is 0 Å². The van der Waals surface area contributed by atoms with Crippen molar-refractivity contribution in [1.29, 1.82) is 0 Å². The van der Waals surface area contributed by atoms with Crippen molar-refractivity contribution in [2.75, 3.05) is 0 Å². The minimum atomic E-state index is -4.93. The third-order valence-corrected chi connectivity index (χ3v) is 1.70. The maximum absolute atomic E-state index is 12.3. The number of rotatable bonds is 3. The van der Waals surface area contributed by atoms with E-state index in [1.165, 1.54) is 0 Å². The van der Waals surface area contributed by atoms with E-state index in [0.29, 0.717) is 18.2 Å². The van der Waals surface area contributed by atoms with Gasteiger partial charge in [0.2, 0.25) is 0 Å². The van der Waals surface area contributed by atoms with Gasteiger partial charge in [-0.2, -0.15) is 22.0 Å². The molecule has 0 amide bonds. The molecule has 0 heterocycles. The van der Waals surface area contributed by atoms with Crippen LogP contribution in [0.15, 0.2) is 18.2 Å². The third-order valence-electron chi connectivity index (χ3n) is 1.70. The number of alkyl halides is 5. The molecule has 0 spiro atoms. The van der Waals surface area contributed by atoms with Gasteiger partial charge in [-0.25, -0.2) is 0 Å². The molecule has 0 aliphatic carbocycles. The molecular formula is C8H4F5NO3. The molecule has 1 aromatic carbocycles. The van der Waals surface area contributed by atoms with Crippen LogP contribution in [0.25, 0.3) is 0 Å². The van der Waals surface area contributed by atoms with Gasteiger partial charge >= 0.3 is 12.8 Å². The van der Waals surface area contributed by atoms with Crippen LogP contribution in [0.2, 0.25) is 0 Å². The fraction of sp³-hybridized carbons (Fsp3) is 0.250. The molecule has 0 unspecified atom stereocenters. The van der Waals surface area contributed by atoms with Crippen LogP contribution < -0.4 is 4.74 Å². The van der Waals surface area contributed by atoms with E-state index in [0.717, 1.165) is 0 Å². The number of nitro benzene ring substituents is 1. The van der Waals surface area contributed by atoms with Crippen molar-refractivity contribution in [1.82, 2.24) is 0 Å². The van der Waals surface area contributed by atoms with Crippen LogP contribution in [-0.4, -0.2) is 11.5 Å². The number of non-ortho nitro benzene ring substituents is 1. The molecule has 1 aromatic rings. The van der Waals surface area contributed by atoms with Gasteiger partial charge in [-0.3, -0.25) is 10.1 Å². The number of ether oxygens (including phenoxy) is 1. The summed E-state index contributed by atoms with van der Waals surface area (Å²) in [4.78, 5) is 9.27. The van der Waals surface area contributed by atoms with Crippen LogP contribution in [0.3, 0.4) is 0 Å². The summed E-state index contributed by atoms with van der Waals surface area (Å²) < 4.78 is 64.3. The molecule has 0 atom stereocenters. The minimum Gasteiger partial charge on any atom is -0.434 e. The second-order valence-corrected chi connectivity index (χ2v) is 2.81. The first-order valence-electron chi connectivity index (χ1n) is 4.02. The van der Waals surface area contributed by atoms with Gasteiger partial charge in [-0.05, 0) is 6.07 Å². The second-order valence-electron chi connectivity index (χ2n) is 2.81. The molecule has 0 radical (unpaired) electrons. The first kappa shape index (κ1) is 13.1. The Bertz CT molecular complexity index is 432. The number of benzene rings is 1. The van der Waals surface area contributed by atoms with Gasteiger partial charge < -0.3 is 4.74 Å². The predicted molar refractivity (Wildman–Crippen MR) is 44.7 cm³/mol. The molecule has 9 heteroatoms. The van der Waals surface area contributed by atoms with E-state index in [1.807, 2.05) is 0 Å². The quantitative estimate of drug-likeness (QED) is 0.474. The van der Waals surface area contributed by atoms with Gasteiger partial charge in [0.1, 0.15) is 5.75 Å². The first-order valence-corrected chi connectivity index (χ1v) is 4.02. The van der Waals surface area contributed by atoms with Gasteiger partial charge in [0, 0.05) is 6.07 Å². The lowest BCUT2D eigenvalue weighted by Crippen LogP contribution is -2.11. The Balaban J connectivity index is 3.26. The molecule has 1 rings (SSSR count). The average molecular weight is 257 g/mol. The molecule has 0 saturated carbocycles. The molecule has 0 N–H and O–H groups in total. The van der Waals surface area contributed by atoms with Crippen molar-refractivity contribution in [3.05, 3.63) is 33.9 Å². The van der Waals surface area contributed by atoms with Crippen molar-refractivity contribution in [2.24, 2.45) is 0 Å². The van der Waals surface area contributed by atoms with E-state index in [1.54, 1.807) is 0 Å². The number of nitrogens with zero attached hydrogens (tertiary/aromatic N) is 1. The smallest absolute Gasteiger partial charge is 0.419 e. The summed E-state index contributed by atoms with van der Waals surface area (Å²) >= 11 is 0. The maximum atomic E-state index is 12.3. The minimum absolute atomic E-state index is 0.301. The summed E-state index contributed by atoms with van der Waals surface area (Å²) in [5, 5.41) is 10.3. The number of hydrogen-bond donors (Lipinski definition) is 0. The summed E-state index contributed by atoms with van der Waals surface area (Å²) in [7, 11) is 0. The second kappa shape index (κ2) is 4.52. The van der Waals surface area contributed by atoms with Gasteiger partial charge in [0.05, 0.1) is 16.6 Å². The zero-order valence-corrected chi connectivity index (χ0v) is 7.87. The maximum Gasteiger partial charge on any atom is 0.419 e. The molecule has 94 valence electrons. The van der Waals surface area contributed by atoms with Crippen molar-refractivity contribution in [3.8, 4) is 5.75 Å². The highest BCUT2D eigenvalue weighted by atomic mass is 19.4. The summed E-state index contributed by atoms with van der Waals surface area (Å²) in [5.74, 6) is -1.28. The van der Waals surface area contributed by atoms with Crippen molar-refractivity contribution < 1.29 is 31.6 Å². The highest BCUT2D eigenvalue weighted by Crippen LogP contribution is 2.38. The molecule has 0 aliphatic rings. The zero-order valence-electron chi connectivity index (χ0n) is 7.87. The SMILES string of the molecule is O=[N+]([O-])c1ccc(C(F)(F)F)c(OC(F)F)c1. The summed E-state index contributed by atoms with van der Waals surface area (Å²) in [6.45, 7) is -3.50. The Labute approximate surface area is 90.8 Å². The van der Waals surface area contributed by atoms with Gasteiger partial charge in [-0.1, -0.05) is 0 Å². The molecule has 4 nitrogen and oxygen atoms in total. The van der Waals surface area contributed by atoms with E-state index in [4.69, 9.17) is 0 Å². The van der Waals surface area contributed by atoms with Gasteiger partial charge in [-0.15, -0.1) is 0 Å². The lowest BCUT2D eigenvalue weighted by Gasteiger charge is -2.12. The highest BCUT2D eigenvalue weighted by Gasteiger charge is 2.36. The van der Waals surface area contributed by atoms with Crippen LogP contribution in [-0.2, 0) is 6.18 Å². The van der Waals surface area contributed by atoms with Crippen molar-refractivity contribution in [2.45, 2.75) is 12.8 Å². The molecule has 0 aromatic heterocycles. The van der Waals surface area contributed by atoms with Gasteiger partial charge in [0.25, 0.3) is 5.69 Å². The fourth-order valence-electron chi connectivity index (χ4n) is 1.05. The molecule has 17 heavy (non-hydrogen) atoms. The van der Waals surface area contributed by atoms with Crippen LogP contribution in [0, 0.1) is 10.1 Å². The molecule has 0 bridgehead atoms. The van der Waals surface area contributed by atoms with E-state index in [9.17, 15) is 32.1 Å². The summed E-state index contributed by atoms with van der Waals surface area (Å²) in [5.41, 5.74) is -2.27. The topological polar surface area (TPSA) is 52.4 Å². The number of nitro groups is 1. The molecular weight excluding hydrogens is 253 g/mol. The van der Waals surface area contributed by atoms with Crippen LogP contribution in [0.5, 0.6) is 5.75 Å². The lowest BCUT2D eigenvalue weighted by molar-refractivity contribution is -0.385. The molecule has 0 fully saturated rings. The standard InChI is InChI=1S/C8H4F5NO3/c9-7(10)17-6-3-4(14(15)16)1-2-5(6)8(11,12)13/h1-3,7H. The molecule has 0 aliphatic heterocycles. The average Bonchev–Trinajstić information content (AvgIpc) is 2.14. The lowest BCUT2D eigenvalue weighted by atomic mass is 10.2. The van der Waals surface area contributed by atoms with Crippen molar-refractivity contribution >= 4 is 5.69 Å². The Morgan fingerprint density at radius 1 is 1.29 bits per heavy atom. The Morgan fingerprint density at radius 2 is 1.88 bits per heavy atom.